The molecule has 0 spiro atoms. The van der Waals surface area contributed by atoms with Gasteiger partial charge >= 0.3 is 11.9 Å². The minimum atomic E-state index is -0.426. The van der Waals surface area contributed by atoms with Crippen molar-refractivity contribution in [2.24, 2.45) is 114 Å². The molecule has 0 saturated heterocycles. The molecule has 4 aromatic rings. The molecule has 4 heterocycles. The summed E-state index contributed by atoms with van der Waals surface area (Å²) in [7, 11) is 0. The van der Waals surface area contributed by atoms with Crippen molar-refractivity contribution in [3.63, 3.8) is 0 Å². The first kappa shape index (κ1) is 57.2. The Morgan fingerprint density at radius 3 is 1.23 bits per heavy atom. The van der Waals surface area contributed by atoms with Crippen LogP contribution in [0.2, 0.25) is 0 Å². The minimum absolute atomic E-state index is 0.00417. The first-order chi connectivity index (χ1) is 60.3. The lowest BCUT2D eigenvalue weighted by Crippen LogP contribution is -2.50. The SMILES string of the molecule is [2H]C1=C2C[C@@H](OC(C)=O)CC[C@]2(C)C2CC[C@]3(C)C(c4c([2H])nc([2H])c([2H])c4[2H])=C([2H])CC3C2C1.[2H]c1nc([2H])c(C2=CCC3C4CC=C5C[C@@H](O)CC[C@]5(C)C4CC[C@]23C)c([2H])c1[2H].[2H]c1nc([2H])c(C2=CCC3C4CC=C5C[C@@H](OC(C)=O)CC[C@]5(C)C4CC[C@]23C)c([2H])c1[2H].[2H]c1nc([2H])c(C2=CCC3C4CCC5=CC(=O)CC[C@]5(C)C4CC[C@]23C)c([2H])c1[2H]. The molecule has 8 saturated carbocycles. The van der Waals surface area contributed by atoms with Gasteiger partial charge in [-0.25, -0.2) is 0 Å². The van der Waals surface area contributed by atoms with Gasteiger partial charge in [-0.2, -0.15) is 0 Å². The summed E-state index contributed by atoms with van der Waals surface area (Å²) >= 11 is 0. The quantitative estimate of drug-likeness (QED) is 0.146. The van der Waals surface area contributed by atoms with Crippen LogP contribution >= 0.6 is 0 Å². The van der Waals surface area contributed by atoms with Gasteiger partial charge in [-0.3, -0.25) is 34.3 Å². The van der Waals surface area contributed by atoms with Crippen LogP contribution in [0.15, 0.2) is 169 Å². The Balaban J connectivity index is 0.000000120. The molecular formula is C100H126N4O6. The molecular weight excluding hydrogens is 1350 g/mol. The number of aliphatic hydroxyl groups excluding tert-OH is 1. The number of hydrogen-bond donors (Lipinski definition) is 1. The maximum absolute atomic E-state index is 12.0. The zero-order valence-corrected chi connectivity index (χ0v) is 66.7. The summed E-state index contributed by atoms with van der Waals surface area (Å²) in [6.45, 7) is 21.4. The molecule has 8 fully saturated rings. The Morgan fingerprint density at radius 2 is 0.755 bits per heavy atom. The third kappa shape index (κ3) is 12.8. The summed E-state index contributed by atoms with van der Waals surface area (Å²) in [5, 5.41) is 10.2. The standard InChI is InChI=1S/2C26H33NO2.C24H31NO.C24H29NO/c2*1-17(28)29-20-10-12-25(2)19(15-20)6-7-21-23-9-8-22(18-5-4-14-27-16-18)26(23,3)13-11-24(21)25;2*1-23-11-9-18(26)14-17(23)5-6-19-21-8-7-20(16-4-3-13-25-15-16)24(21,2)12-10-22(19)23/h2*4-6,8,14,16,20-21,23-24H,7,9-13,15H2,1-3H3;3-5,7,13,15,18-19,21-22,26H,6,8-12,14H2,1-2H3;3-4,7,13-15,19,21-22H,5-6,8-12H2,1-2H3/t2*20-,21?,23?,24?,25-,26+;18-,19?,21?,22?,23-,24+;19?,21?,22?,23-,24+/m0000/s1/i4D,5D,6D,8D,14D,16D;4D,5D,14D,16D;2*3D,4D,13D,15D. The van der Waals surface area contributed by atoms with Crippen molar-refractivity contribution < 1.29 is 53.6 Å². The van der Waals surface area contributed by atoms with E-state index >= 15 is 0 Å². The van der Waals surface area contributed by atoms with Gasteiger partial charge < -0.3 is 14.6 Å². The van der Waals surface area contributed by atoms with E-state index in [-0.39, 0.29) is 189 Å². The third-order valence-electron chi connectivity index (χ3n) is 33.8. The molecule has 0 aromatic carbocycles. The first-order valence-corrected chi connectivity index (χ1v) is 42.2. The van der Waals surface area contributed by atoms with Gasteiger partial charge in [-0.15, -0.1) is 0 Å². The number of nitrogens with zero attached hydrogens (tertiary/aromatic N) is 4. The molecule has 10 nitrogen and oxygen atoms in total. The summed E-state index contributed by atoms with van der Waals surface area (Å²) in [4.78, 5) is 50.8. The third-order valence-corrected chi connectivity index (χ3v) is 33.8. The summed E-state index contributed by atoms with van der Waals surface area (Å²) in [6.07, 6.45) is 37.3. The largest absolute Gasteiger partial charge is 0.462 e. The van der Waals surface area contributed by atoms with Crippen molar-refractivity contribution in [3.05, 3.63) is 191 Å². The van der Waals surface area contributed by atoms with E-state index in [2.05, 4.69) is 106 Å². The van der Waals surface area contributed by atoms with Crippen LogP contribution in [0.4, 0.5) is 0 Å². The fourth-order valence-electron chi connectivity index (χ4n) is 28.0. The van der Waals surface area contributed by atoms with E-state index in [9.17, 15) is 19.5 Å². The molecule has 0 amide bonds. The molecule has 12 unspecified atom stereocenters. The minimum Gasteiger partial charge on any atom is -0.462 e. The first-order valence-electron chi connectivity index (χ1n) is 51.2. The van der Waals surface area contributed by atoms with Gasteiger partial charge in [0.05, 0.1) is 30.8 Å². The summed E-state index contributed by atoms with van der Waals surface area (Å²) in [5.74, 6) is 5.41. The van der Waals surface area contributed by atoms with Gasteiger partial charge in [0, 0.05) is 82.5 Å². The van der Waals surface area contributed by atoms with Crippen molar-refractivity contribution in [2.75, 3.05) is 0 Å². The molecule has 10 heteroatoms. The highest BCUT2D eigenvalue weighted by atomic mass is 16.5. The van der Waals surface area contributed by atoms with Crippen LogP contribution in [0, 0.1) is 114 Å². The van der Waals surface area contributed by atoms with Gasteiger partial charge in [0.15, 0.2) is 5.78 Å². The van der Waals surface area contributed by atoms with E-state index in [1.165, 1.54) is 30.6 Å². The molecule has 23 atom stereocenters. The van der Waals surface area contributed by atoms with Crippen molar-refractivity contribution in [3.8, 4) is 0 Å². The highest BCUT2D eigenvalue weighted by Gasteiger charge is 2.62. The average Bonchev–Trinajstić information content (AvgIpc) is 1.50. The predicted molar refractivity (Wildman–Crippen MR) is 439 cm³/mol. The summed E-state index contributed by atoms with van der Waals surface area (Å²) < 4.78 is 160. The summed E-state index contributed by atoms with van der Waals surface area (Å²) in [6, 6.07) is -0.0576. The average molecular weight is 1500 g/mol. The number of esters is 2. The van der Waals surface area contributed by atoms with E-state index in [1.54, 1.807) is 0 Å². The predicted octanol–water partition coefficient (Wildman–Crippen LogP) is 22.9. The zero-order valence-electron chi connectivity index (χ0n) is 84.7. The zero-order chi connectivity index (χ0) is 92.0. The van der Waals surface area contributed by atoms with E-state index in [0.717, 1.165) is 176 Å². The monoisotopic (exact) mass is 1500 g/mol. The molecule has 4 aromatic heterocycles. The Hall–Kier alpha value is -6.91. The number of carbonyl (C=O) groups excluding carboxylic acids is 3. The van der Waals surface area contributed by atoms with Crippen LogP contribution in [0.25, 0.3) is 22.3 Å². The van der Waals surface area contributed by atoms with Crippen molar-refractivity contribution in [1.29, 1.82) is 0 Å². The van der Waals surface area contributed by atoms with Gasteiger partial charge in [0.2, 0.25) is 0 Å². The lowest BCUT2D eigenvalue weighted by molar-refractivity contribution is -0.149. The maximum atomic E-state index is 12.0. The number of carbonyl (C=O) groups is 3. The number of aromatic nitrogens is 4. The molecule has 110 heavy (non-hydrogen) atoms. The van der Waals surface area contributed by atoms with Crippen molar-refractivity contribution in [1.82, 2.24) is 19.9 Å². The second-order valence-electron chi connectivity index (χ2n) is 38.5. The number of rotatable bonds is 6. The van der Waals surface area contributed by atoms with Gasteiger partial charge in [0.25, 0.3) is 0 Å². The lowest BCUT2D eigenvalue weighted by Gasteiger charge is -2.57. The second-order valence-corrected chi connectivity index (χ2v) is 38.5. The van der Waals surface area contributed by atoms with E-state index in [4.69, 9.17) is 34.1 Å². The number of ether oxygens (including phenoxy) is 2. The van der Waals surface area contributed by atoms with E-state index in [0.29, 0.717) is 119 Å². The normalized spacial score (nSPS) is 44.3. The highest BCUT2D eigenvalue weighted by Crippen LogP contribution is 2.72. The van der Waals surface area contributed by atoms with E-state index in [1.807, 2.05) is 6.08 Å². The van der Waals surface area contributed by atoms with Crippen molar-refractivity contribution in [2.45, 2.75) is 267 Å². The number of ketones is 1. The van der Waals surface area contributed by atoms with Crippen molar-refractivity contribution >= 4 is 40.0 Å². The van der Waals surface area contributed by atoms with Crippen LogP contribution in [-0.4, -0.2) is 61.1 Å². The van der Waals surface area contributed by atoms with Crippen LogP contribution in [-0.2, 0) is 23.9 Å². The molecule has 16 aliphatic carbocycles. The Bertz CT molecular complexity index is 5580. The Kier molecular flexibility index (Phi) is 15.2. The Labute approximate surface area is 683 Å². The van der Waals surface area contributed by atoms with E-state index < -0.39 is 5.41 Å². The molecule has 20 rings (SSSR count). The molecule has 582 valence electrons. The molecule has 0 aliphatic heterocycles. The number of pyridine rings is 4. The van der Waals surface area contributed by atoms with Crippen LogP contribution in [0.1, 0.15) is 296 Å². The van der Waals surface area contributed by atoms with Gasteiger partial charge in [0.1, 0.15) is 12.2 Å². The van der Waals surface area contributed by atoms with Gasteiger partial charge in [-0.1, -0.05) is 144 Å². The number of aliphatic hydroxyl groups is 1. The number of fused-ring (bicyclic) bond motifs is 20. The number of allylic oxidation sites excluding steroid dienone is 13. The van der Waals surface area contributed by atoms with Crippen LogP contribution in [0.3, 0.4) is 0 Å². The van der Waals surface area contributed by atoms with Crippen LogP contribution in [0.5, 0.6) is 0 Å². The fraction of sp³-hybridized carbons (Fsp3) is 0.610. The summed E-state index contributed by atoms with van der Waals surface area (Å²) in [5.41, 5.74) is 10.3. The molecule has 16 aliphatic rings. The molecule has 1 N–H and O–H groups in total. The van der Waals surface area contributed by atoms with Crippen LogP contribution < -0.4 is 0 Å². The molecule has 0 bridgehead atoms. The second kappa shape index (κ2) is 29.2. The smallest absolute Gasteiger partial charge is 0.302 e. The maximum Gasteiger partial charge on any atom is 0.302 e. The fourth-order valence-corrected chi connectivity index (χ4v) is 28.0. The highest BCUT2D eigenvalue weighted by molar-refractivity contribution is 5.91. The lowest BCUT2D eigenvalue weighted by atomic mass is 9.46. The molecule has 0 radical (unpaired) electrons. The Morgan fingerprint density at radius 1 is 0.382 bits per heavy atom. The van der Waals surface area contributed by atoms with Gasteiger partial charge in [-0.05, 0) is 350 Å². The topological polar surface area (TPSA) is 141 Å². The number of hydrogen-bond acceptors (Lipinski definition) is 10.